The van der Waals surface area contributed by atoms with E-state index in [0.29, 0.717) is 5.69 Å². The highest BCUT2D eigenvalue weighted by molar-refractivity contribution is 7.74. The van der Waals surface area contributed by atoms with E-state index in [2.05, 4.69) is 14.4 Å². The molecule has 1 rings (SSSR count). The van der Waals surface area contributed by atoms with Crippen LogP contribution in [0.2, 0.25) is 0 Å². The fourth-order valence-electron chi connectivity index (χ4n) is 0.562. The van der Waals surface area contributed by atoms with Gasteiger partial charge in [0, 0.05) is 6.20 Å². The topological polar surface area (TPSA) is 104 Å². The smallest absolute Gasteiger partial charge is 0.163 e. The summed E-state index contributed by atoms with van der Waals surface area (Å²) in [4.78, 5) is 0. The maximum absolute atomic E-state index is 9.97. The van der Waals surface area contributed by atoms with E-state index in [-0.39, 0.29) is 0 Å². The first-order chi connectivity index (χ1) is 5.20. The summed E-state index contributed by atoms with van der Waals surface area (Å²) >= 11 is -2.60. The van der Waals surface area contributed by atoms with Crippen molar-refractivity contribution in [1.82, 2.24) is 10.2 Å². The number of hydrogen-bond acceptors (Lipinski definition) is 5. The number of nitrogens with one attached hydrogen (secondary N) is 1. The van der Waals surface area contributed by atoms with Gasteiger partial charge in [0.05, 0.1) is 17.1 Å². The standard InChI is InChI=1S/C4H7N3O3S/c5-4(10-11(8)9)3-1-2-6-7-3/h1-2,4H,5H2,(H,6,7)(H,8,9)/p-1. The van der Waals surface area contributed by atoms with Crippen molar-refractivity contribution in [2.75, 3.05) is 0 Å². The lowest BCUT2D eigenvalue weighted by Gasteiger charge is -2.11. The number of aromatic nitrogens is 2. The van der Waals surface area contributed by atoms with Gasteiger partial charge in [-0.3, -0.25) is 15.0 Å². The summed E-state index contributed by atoms with van der Waals surface area (Å²) < 4.78 is 24.2. The van der Waals surface area contributed by atoms with Crippen molar-refractivity contribution in [3.05, 3.63) is 18.0 Å². The van der Waals surface area contributed by atoms with Gasteiger partial charge >= 0.3 is 0 Å². The van der Waals surface area contributed by atoms with Gasteiger partial charge in [0.1, 0.15) is 0 Å². The van der Waals surface area contributed by atoms with Crippen molar-refractivity contribution in [2.45, 2.75) is 6.23 Å². The Kier molecular flexibility index (Phi) is 2.71. The summed E-state index contributed by atoms with van der Waals surface area (Å²) in [5.41, 5.74) is 5.67. The summed E-state index contributed by atoms with van der Waals surface area (Å²) in [7, 11) is 0. The molecule has 1 heterocycles. The van der Waals surface area contributed by atoms with Crippen LogP contribution in [-0.2, 0) is 15.5 Å². The lowest BCUT2D eigenvalue weighted by molar-refractivity contribution is 0.207. The normalized spacial score (nSPS) is 16.2. The van der Waals surface area contributed by atoms with E-state index < -0.39 is 17.6 Å². The van der Waals surface area contributed by atoms with Gasteiger partial charge in [-0.2, -0.15) is 5.10 Å². The van der Waals surface area contributed by atoms with Crippen LogP contribution in [-0.4, -0.2) is 19.0 Å². The van der Waals surface area contributed by atoms with Gasteiger partial charge in [0.25, 0.3) is 0 Å². The van der Waals surface area contributed by atoms with Crippen molar-refractivity contribution in [1.29, 1.82) is 0 Å². The van der Waals surface area contributed by atoms with Crippen LogP contribution in [0.3, 0.4) is 0 Å². The Morgan fingerprint density at radius 2 is 2.64 bits per heavy atom. The molecule has 1 aromatic heterocycles. The molecule has 62 valence electrons. The van der Waals surface area contributed by atoms with Gasteiger partial charge < -0.3 is 4.55 Å². The molecule has 6 nitrogen and oxygen atoms in total. The molecule has 7 heteroatoms. The molecular formula is C4H6N3O3S-. The van der Waals surface area contributed by atoms with E-state index in [9.17, 15) is 8.76 Å². The minimum absolute atomic E-state index is 0.411. The Labute approximate surface area is 65.2 Å². The van der Waals surface area contributed by atoms with Crippen molar-refractivity contribution in [3.63, 3.8) is 0 Å². The quantitative estimate of drug-likeness (QED) is 0.462. The van der Waals surface area contributed by atoms with Crippen LogP contribution in [0.4, 0.5) is 0 Å². The van der Waals surface area contributed by atoms with Crippen LogP contribution in [0.25, 0.3) is 0 Å². The predicted molar refractivity (Wildman–Crippen MR) is 35.5 cm³/mol. The highest BCUT2D eigenvalue weighted by Gasteiger charge is 2.06. The highest BCUT2D eigenvalue weighted by atomic mass is 32.2. The Hall–Kier alpha value is -0.760. The summed E-state index contributed by atoms with van der Waals surface area (Å²) in [5, 5.41) is 6.03. The second-order valence-corrected chi connectivity index (χ2v) is 2.33. The van der Waals surface area contributed by atoms with E-state index in [1.54, 1.807) is 0 Å². The minimum Gasteiger partial charge on any atom is -0.750 e. The third-order valence-corrected chi connectivity index (χ3v) is 1.38. The molecule has 0 fully saturated rings. The Morgan fingerprint density at radius 3 is 3.09 bits per heavy atom. The fraction of sp³-hybridized carbons (Fsp3) is 0.250. The number of rotatable bonds is 3. The molecular weight excluding hydrogens is 170 g/mol. The molecule has 0 aliphatic heterocycles. The Balaban J connectivity index is 2.56. The molecule has 0 saturated heterocycles. The molecule has 0 spiro atoms. The molecule has 0 radical (unpaired) electrons. The summed E-state index contributed by atoms with van der Waals surface area (Å²) in [6.45, 7) is 0. The molecule has 0 aromatic carbocycles. The predicted octanol–water partition coefficient (Wildman–Crippen LogP) is -0.822. The lowest BCUT2D eigenvalue weighted by Crippen LogP contribution is -2.15. The molecule has 0 saturated carbocycles. The van der Waals surface area contributed by atoms with Crippen LogP contribution in [0.1, 0.15) is 11.9 Å². The maximum atomic E-state index is 9.97. The first-order valence-corrected chi connectivity index (χ1v) is 3.71. The van der Waals surface area contributed by atoms with Gasteiger partial charge in [0.2, 0.25) is 0 Å². The van der Waals surface area contributed by atoms with Gasteiger partial charge in [-0.1, -0.05) is 0 Å². The first kappa shape index (κ1) is 8.34. The zero-order valence-electron chi connectivity index (χ0n) is 5.39. The fourth-order valence-corrected chi connectivity index (χ4v) is 0.835. The molecule has 0 amide bonds. The van der Waals surface area contributed by atoms with Crippen molar-refractivity contribution < 1.29 is 12.9 Å². The van der Waals surface area contributed by atoms with Crippen LogP contribution in [0.5, 0.6) is 0 Å². The van der Waals surface area contributed by atoms with E-state index in [1.807, 2.05) is 0 Å². The summed E-state index contributed by atoms with van der Waals surface area (Å²) in [5.74, 6) is 0. The number of hydrogen-bond donors (Lipinski definition) is 2. The Morgan fingerprint density at radius 1 is 1.91 bits per heavy atom. The van der Waals surface area contributed by atoms with E-state index in [1.165, 1.54) is 12.3 Å². The third kappa shape index (κ3) is 2.39. The molecule has 0 bridgehead atoms. The SMILES string of the molecule is NC(OS(=O)[O-])c1ccn[nH]1. The van der Waals surface area contributed by atoms with Gasteiger partial charge in [0.15, 0.2) is 6.23 Å². The molecule has 11 heavy (non-hydrogen) atoms. The first-order valence-electron chi connectivity index (χ1n) is 2.71. The highest BCUT2D eigenvalue weighted by Crippen LogP contribution is 2.07. The average Bonchev–Trinajstić information content (AvgIpc) is 2.35. The second kappa shape index (κ2) is 3.58. The monoisotopic (exact) mass is 176 g/mol. The van der Waals surface area contributed by atoms with Gasteiger partial charge in [-0.15, -0.1) is 0 Å². The summed E-state index contributed by atoms with van der Waals surface area (Å²) in [6.07, 6.45) is 0.447. The van der Waals surface area contributed by atoms with E-state index in [0.717, 1.165) is 0 Å². The molecule has 0 aliphatic carbocycles. The van der Waals surface area contributed by atoms with Crippen LogP contribution < -0.4 is 5.73 Å². The van der Waals surface area contributed by atoms with E-state index >= 15 is 0 Å². The number of nitrogens with two attached hydrogens (primary N) is 1. The third-order valence-electron chi connectivity index (χ3n) is 1.01. The van der Waals surface area contributed by atoms with Crippen molar-refractivity contribution >= 4 is 11.4 Å². The zero-order valence-corrected chi connectivity index (χ0v) is 6.21. The van der Waals surface area contributed by atoms with Gasteiger partial charge in [-0.25, -0.2) is 4.21 Å². The zero-order chi connectivity index (χ0) is 8.27. The summed E-state index contributed by atoms with van der Waals surface area (Å²) in [6, 6.07) is 1.53. The average molecular weight is 176 g/mol. The van der Waals surface area contributed by atoms with Crippen molar-refractivity contribution in [2.24, 2.45) is 5.73 Å². The molecule has 3 N–H and O–H groups in total. The van der Waals surface area contributed by atoms with Crippen LogP contribution in [0.15, 0.2) is 12.3 Å². The molecule has 2 unspecified atom stereocenters. The van der Waals surface area contributed by atoms with Crippen LogP contribution >= 0.6 is 0 Å². The maximum Gasteiger partial charge on any atom is 0.163 e. The molecule has 2 atom stereocenters. The minimum atomic E-state index is -2.60. The largest absolute Gasteiger partial charge is 0.750 e. The molecule has 0 aliphatic rings. The number of aromatic amines is 1. The van der Waals surface area contributed by atoms with Crippen LogP contribution in [0, 0.1) is 0 Å². The van der Waals surface area contributed by atoms with E-state index in [4.69, 9.17) is 5.73 Å². The van der Waals surface area contributed by atoms with Crippen molar-refractivity contribution in [3.8, 4) is 0 Å². The number of nitrogens with zero attached hydrogens (tertiary/aromatic N) is 1. The van der Waals surface area contributed by atoms with Gasteiger partial charge in [-0.05, 0) is 6.07 Å². The Bertz CT molecular complexity index is 237. The lowest BCUT2D eigenvalue weighted by atomic mass is 10.4. The second-order valence-electron chi connectivity index (χ2n) is 1.73. The molecule has 1 aromatic rings. The number of H-pyrrole nitrogens is 1.